The van der Waals surface area contributed by atoms with Crippen LogP contribution < -0.4 is 14.2 Å². The van der Waals surface area contributed by atoms with E-state index in [-0.39, 0.29) is 0 Å². The summed E-state index contributed by atoms with van der Waals surface area (Å²) in [5.74, 6) is 1.59. The highest BCUT2D eigenvalue weighted by Crippen LogP contribution is 2.21. The summed E-state index contributed by atoms with van der Waals surface area (Å²) >= 11 is 0. The van der Waals surface area contributed by atoms with E-state index in [4.69, 9.17) is 23.7 Å². The van der Waals surface area contributed by atoms with E-state index in [0.29, 0.717) is 36.7 Å². The minimum atomic E-state index is -0.402. The van der Waals surface area contributed by atoms with Crippen molar-refractivity contribution in [2.45, 2.75) is 44.3 Å². The van der Waals surface area contributed by atoms with Crippen molar-refractivity contribution in [3.8, 4) is 17.2 Å². The molecule has 6 heteroatoms. The summed E-state index contributed by atoms with van der Waals surface area (Å²) in [5, 5.41) is 0. The third-order valence-electron chi connectivity index (χ3n) is 5.08. The minimum Gasteiger partial charge on any atom is -0.494 e. The van der Waals surface area contributed by atoms with Crippen LogP contribution in [0.4, 0.5) is 0 Å². The molecule has 2 heterocycles. The molecule has 30 heavy (non-hydrogen) atoms. The fourth-order valence-electron chi connectivity index (χ4n) is 3.08. The molecule has 0 aliphatic carbocycles. The number of esters is 1. The van der Waals surface area contributed by atoms with Crippen LogP contribution in [0.3, 0.4) is 0 Å². The lowest BCUT2D eigenvalue weighted by atomic mass is 10.1. The molecule has 4 rings (SSSR count). The van der Waals surface area contributed by atoms with E-state index in [2.05, 4.69) is 0 Å². The molecular formula is C24H28O6. The first-order valence-corrected chi connectivity index (χ1v) is 10.7. The summed E-state index contributed by atoms with van der Waals surface area (Å²) in [6, 6.07) is 14.1. The van der Waals surface area contributed by atoms with Crippen molar-refractivity contribution < 1.29 is 28.5 Å². The second-order valence-electron chi connectivity index (χ2n) is 7.63. The summed E-state index contributed by atoms with van der Waals surface area (Å²) in [5.41, 5.74) is 0.477. The molecule has 2 aromatic rings. The van der Waals surface area contributed by atoms with Gasteiger partial charge in [-0.3, -0.25) is 0 Å². The number of rotatable bonds is 13. The van der Waals surface area contributed by atoms with E-state index in [1.165, 1.54) is 6.42 Å². The van der Waals surface area contributed by atoms with Gasteiger partial charge in [0.15, 0.2) is 0 Å². The summed E-state index contributed by atoms with van der Waals surface area (Å²) in [4.78, 5) is 12.3. The van der Waals surface area contributed by atoms with Gasteiger partial charge in [-0.05, 0) is 67.8 Å². The lowest BCUT2D eigenvalue weighted by Gasteiger charge is -2.09. The van der Waals surface area contributed by atoms with E-state index >= 15 is 0 Å². The zero-order chi connectivity index (χ0) is 20.6. The molecule has 0 spiro atoms. The normalized spacial score (nSPS) is 19.2. The van der Waals surface area contributed by atoms with E-state index < -0.39 is 5.97 Å². The molecule has 0 saturated carbocycles. The number of hydrogen-bond donors (Lipinski definition) is 0. The summed E-state index contributed by atoms with van der Waals surface area (Å²) in [6.45, 7) is 3.06. The largest absolute Gasteiger partial charge is 0.494 e. The predicted octanol–water partition coefficient (Wildman–Crippen LogP) is 4.41. The molecule has 6 nitrogen and oxygen atoms in total. The van der Waals surface area contributed by atoms with Crippen LogP contribution in [0.25, 0.3) is 0 Å². The smallest absolute Gasteiger partial charge is 0.343 e. The third kappa shape index (κ3) is 7.04. The summed E-state index contributed by atoms with van der Waals surface area (Å²) in [7, 11) is 0. The summed E-state index contributed by atoms with van der Waals surface area (Å²) in [6.07, 6.45) is 6.27. The van der Waals surface area contributed by atoms with Gasteiger partial charge in [0.25, 0.3) is 0 Å². The molecule has 2 atom stereocenters. The number of ether oxygens (including phenoxy) is 5. The quantitative estimate of drug-likeness (QED) is 0.210. The fourth-order valence-corrected chi connectivity index (χ4v) is 3.08. The highest BCUT2D eigenvalue weighted by atomic mass is 16.6. The molecule has 2 saturated heterocycles. The molecule has 0 bridgehead atoms. The lowest BCUT2D eigenvalue weighted by Crippen LogP contribution is -2.08. The molecule has 2 unspecified atom stereocenters. The van der Waals surface area contributed by atoms with Gasteiger partial charge in [0, 0.05) is 6.42 Å². The first-order chi connectivity index (χ1) is 14.8. The monoisotopic (exact) mass is 412 g/mol. The van der Waals surface area contributed by atoms with Crippen LogP contribution in [0.1, 0.15) is 42.5 Å². The van der Waals surface area contributed by atoms with Gasteiger partial charge in [0.1, 0.15) is 17.2 Å². The average Bonchev–Trinajstić information content (AvgIpc) is 3.68. The highest BCUT2D eigenvalue weighted by Gasteiger charge is 2.22. The molecule has 2 fully saturated rings. The molecule has 2 aromatic carbocycles. The van der Waals surface area contributed by atoms with Gasteiger partial charge in [-0.25, -0.2) is 4.79 Å². The van der Waals surface area contributed by atoms with Crippen LogP contribution in [-0.4, -0.2) is 44.6 Å². The van der Waals surface area contributed by atoms with Gasteiger partial charge < -0.3 is 23.7 Å². The third-order valence-corrected chi connectivity index (χ3v) is 5.08. The van der Waals surface area contributed by atoms with E-state index in [1.54, 1.807) is 36.4 Å². The maximum atomic E-state index is 12.3. The van der Waals surface area contributed by atoms with Crippen LogP contribution in [0.5, 0.6) is 17.2 Å². The van der Waals surface area contributed by atoms with Crippen molar-refractivity contribution in [1.82, 2.24) is 0 Å². The Morgan fingerprint density at radius 3 is 1.97 bits per heavy atom. The van der Waals surface area contributed by atoms with Crippen LogP contribution in [0.15, 0.2) is 48.5 Å². The molecule has 160 valence electrons. The van der Waals surface area contributed by atoms with Crippen molar-refractivity contribution in [2.75, 3.05) is 26.4 Å². The van der Waals surface area contributed by atoms with Crippen LogP contribution in [0.2, 0.25) is 0 Å². The topological polar surface area (TPSA) is 69.8 Å². The number of epoxide rings is 2. The van der Waals surface area contributed by atoms with Gasteiger partial charge in [-0.1, -0.05) is 6.42 Å². The predicted molar refractivity (Wildman–Crippen MR) is 111 cm³/mol. The highest BCUT2D eigenvalue weighted by molar-refractivity contribution is 5.91. The first kappa shape index (κ1) is 20.7. The number of hydrogen-bond acceptors (Lipinski definition) is 6. The Morgan fingerprint density at radius 2 is 1.30 bits per heavy atom. The van der Waals surface area contributed by atoms with Crippen molar-refractivity contribution >= 4 is 5.97 Å². The molecule has 0 aromatic heterocycles. The Labute approximate surface area is 177 Å². The zero-order valence-corrected chi connectivity index (χ0v) is 17.1. The maximum absolute atomic E-state index is 12.3. The van der Waals surface area contributed by atoms with Gasteiger partial charge in [-0.15, -0.1) is 0 Å². The number of unbranched alkanes of at least 4 members (excludes halogenated alkanes) is 2. The molecule has 0 amide bonds. The van der Waals surface area contributed by atoms with Crippen molar-refractivity contribution in [1.29, 1.82) is 0 Å². The minimum absolute atomic E-state index is 0.350. The van der Waals surface area contributed by atoms with Crippen molar-refractivity contribution in [3.63, 3.8) is 0 Å². The van der Waals surface area contributed by atoms with Gasteiger partial charge >= 0.3 is 5.97 Å². The van der Waals surface area contributed by atoms with Crippen LogP contribution in [0, 0.1) is 0 Å². The van der Waals surface area contributed by atoms with Crippen LogP contribution in [-0.2, 0) is 9.47 Å². The molecular weight excluding hydrogens is 384 g/mol. The van der Waals surface area contributed by atoms with Crippen LogP contribution >= 0.6 is 0 Å². The Kier molecular flexibility index (Phi) is 7.21. The fraction of sp³-hybridized carbons (Fsp3) is 0.458. The van der Waals surface area contributed by atoms with Gasteiger partial charge in [-0.2, -0.15) is 0 Å². The summed E-state index contributed by atoms with van der Waals surface area (Å²) < 4.78 is 27.2. The molecule has 0 N–H and O–H groups in total. The zero-order valence-electron chi connectivity index (χ0n) is 17.1. The Balaban J connectivity index is 1.15. The SMILES string of the molecule is O=C(Oc1ccc(OCCCCCC2CO2)cc1)c1ccc(OCCC2CO2)cc1. The second-order valence-corrected chi connectivity index (χ2v) is 7.63. The van der Waals surface area contributed by atoms with Gasteiger partial charge in [0.05, 0.1) is 44.2 Å². The Morgan fingerprint density at radius 1 is 0.733 bits per heavy atom. The maximum Gasteiger partial charge on any atom is 0.343 e. The van der Waals surface area contributed by atoms with Crippen molar-refractivity contribution in [2.24, 2.45) is 0 Å². The van der Waals surface area contributed by atoms with Crippen molar-refractivity contribution in [3.05, 3.63) is 54.1 Å². The lowest BCUT2D eigenvalue weighted by molar-refractivity contribution is 0.0734. The number of carbonyl (C=O) groups is 1. The molecule has 2 aliphatic rings. The van der Waals surface area contributed by atoms with E-state index in [9.17, 15) is 4.79 Å². The number of carbonyl (C=O) groups excluding carboxylic acids is 1. The van der Waals surface area contributed by atoms with E-state index in [0.717, 1.165) is 50.4 Å². The standard InChI is InChI=1S/C24H28O6/c25-24(18-5-7-19(8-6-18)27-15-13-23-17-29-23)30-21-11-9-20(10-12-21)26-14-3-1-2-4-22-16-28-22/h5-12,22-23H,1-4,13-17H2. The Bertz CT molecular complexity index is 793. The second kappa shape index (κ2) is 10.5. The molecule has 0 radical (unpaired) electrons. The van der Waals surface area contributed by atoms with Gasteiger partial charge in [0.2, 0.25) is 0 Å². The average molecular weight is 412 g/mol. The molecule has 2 aliphatic heterocycles. The first-order valence-electron chi connectivity index (χ1n) is 10.7. The number of benzene rings is 2. The van der Waals surface area contributed by atoms with E-state index in [1.807, 2.05) is 12.1 Å². The Hall–Kier alpha value is -2.57.